The minimum Gasteiger partial charge on any atom is -0.381 e. The highest BCUT2D eigenvalue weighted by atomic mass is 16.5. The first-order chi connectivity index (χ1) is 14.7. The third-order valence-electron chi connectivity index (χ3n) is 7.59. The topological polar surface area (TPSA) is 18.5 Å². The van der Waals surface area contributed by atoms with E-state index in [1.54, 1.807) is 0 Å². The summed E-state index contributed by atoms with van der Waals surface area (Å²) < 4.78 is 11.9. The average molecular weight is 441 g/mol. The molecule has 0 bridgehead atoms. The van der Waals surface area contributed by atoms with Gasteiger partial charge in [-0.1, -0.05) is 125 Å². The van der Waals surface area contributed by atoms with Gasteiger partial charge < -0.3 is 9.47 Å². The molecule has 0 spiro atoms. The van der Waals surface area contributed by atoms with Gasteiger partial charge >= 0.3 is 0 Å². The second-order valence-corrected chi connectivity index (χ2v) is 11.4. The van der Waals surface area contributed by atoms with Gasteiger partial charge in [-0.2, -0.15) is 0 Å². The van der Waals surface area contributed by atoms with Crippen LogP contribution in [-0.2, 0) is 9.47 Å². The number of ether oxygens (including phenoxy) is 2. The van der Waals surface area contributed by atoms with Crippen molar-refractivity contribution in [3.63, 3.8) is 0 Å². The molecule has 0 aliphatic carbocycles. The van der Waals surface area contributed by atoms with Crippen molar-refractivity contribution >= 4 is 0 Å². The molecule has 2 heteroatoms. The summed E-state index contributed by atoms with van der Waals surface area (Å²) in [5.74, 6) is 0. The molecule has 0 aromatic carbocycles. The zero-order valence-electron chi connectivity index (χ0n) is 23.0. The fraction of sp³-hybridized carbons (Fsp3) is 1.00. The zero-order chi connectivity index (χ0) is 23.6. The lowest BCUT2D eigenvalue weighted by Crippen LogP contribution is -2.34. The summed E-state index contributed by atoms with van der Waals surface area (Å²) in [7, 11) is 3.82. The fourth-order valence-electron chi connectivity index (χ4n) is 5.20. The molecule has 2 unspecified atom stereocenters. The highest BCUT2D eigenvalue weighted by molar-refractivity contribution is 4.83. The van der Waals surface area contributed by atoms with Crippen LogP contribution in [0.2, 0.25) is 0 Å². The molecule has 0 amide bonds. The van der Waals surface area contributed by atoms with E-state index in [0.29, 0.717) is 12.2 Å². The molecule has 0 heterocycles. The summed E-state index contributed by atoms with van der Waals surface area (Å²) in [6.07, 6.45) is 23.2. The van der Waals surface area contributed by atoms with Crippen LogP contribution < -0.4 is 0 Å². The van der Waals surface area contributed by atoms with Gasteiger partial charge in [-0.15, -0.1) is 0 Å². The predicted octanol–water partition coefficient (Wildman–Crippen LogP) is 9.74. The van der Waals surface area contributed by atoms with Gasteiger partial charge in [-0.05, 0) is 36.5 Å². The Morgan fingerprint density at radius 1 is 0.484 bits per heavy atom. The van der Waals surface area contributed by atoms with Gasteiger partial charge in [0.05, 0.1) is 12.2 Å². The van der Waals surface area contributed by atoms with Gasteiger partial charge in [0, 0.05) is 14.2 Å². The maximum atomic E-state index is 5.96. The van der Waals surface area contributed by atoms with E-state index in [1.807, 2.05) is 14.2 Å². The van der Waals surface area contributed by atoms with Crippen LogP contribution in [0, 0.1) is 10.8 Å². The smallest absolute Gasteiger partial charge is 0.0622 e. The predicted molar refractivity (Wildman–Crippen MR) is 139 cm³/mol. The summed E-state index contributed by atoms with van der Waals surface area (Å²) in [4.78, 5) is 0. The normalized spacial score (nSPS) is 14.7. The lowest BCUT2D eigenvalue weighted by atomic mass is 9.74. The Morgan fingerprint density at radius 2 is 0.806 bits per heavy atom. The molecule has 0 N–H and O–H groups in total. The standard InChI is InChI=1S/C29H60O2/c1-9-11-13-15-17-19-22-26(30-7)28(3,4)24-21-25-29(5,6)27(31-8)23-20-18-16-14-12-10-2/h26-27H,9-25H2,1-8H3. The number of hydrogen-bond acceptors (Lipinski definition) is 2. The van der Waals surface area contributed by atoms with Crippen molar-refractivity contribution in [2.45, 2.75) is 163 Å². The molecule has 0 rings (SSSR count). The Labute approximate surface area is 197 Å². The maximum absolute atomic E-state index is 5.96. The largest absolute Gasteiger partial charge is 0.381 e. The summed E-state index contributed by atoms with van der Waals surface area (Å²) in [6, 6.07) is 0. The third-order valence-corrected chi connectivity index (χ3v) is 7.59. The Kier molecular flexibility index (Phi) is 18.3. The van der Waals surface area contributed by atoms with Crippen LogP contribution in [0.4, 0.5) is 0 Å². The molecule has 2 atom stereocenters. The van der Waals surface area contributed by atoms with Gasteiger partial charge in [0.25, 0.3) is 0 Å². The van der Waals surface area contributed by atoms with Crippen LogP contribution in [-0.4, -0.2) is 26.4 Å². The molecule has 0 fully saturated rings. The van der Waals surface area contributed by atoms with Crippen molar-refractivity contribution in [3.8, 4) is 0 Å². The van der Waals surface area contributed by atoms with Crippen LogP contribution in [0.5, 0.6) is 0 Å². The van der Waals surface area contributed by atoms with Crippen molar-refractivity contribution in [2.24, 2.45) is 10.8 Å². The first-order valence-electron chi connectivity index (χ1n) is 13.8. The molecule has 2 nitrogen and oxygen atoms in total. The first kappa shape index (κ1) is 30.9. The van der Waals surface area contributed by atoms with Crippen LogP contribution in [0.3, 0.4) is 0 Å². The van der Waals surface area contributed by atoms with E-state index in [0.717, 1.165) is 0 Å². The highest BCUT2D eigenvalue weighted by Gasteiger charge is 2.32. The van der Waals surface area contributed by atoms with Crippen LogP contribution in [0.1, 0.15) is 151 Å². The maximum Gasteiger partial charge on any atom is 0.0622 e. The third kappa shape index (κ3) is 14.6. The molecule has 0 aromatic heterocycles. The van der Waals surface area contributed by atoms with Gasteiger partial charge in [0.1, 0.15) is 0 Å². The quantitative estimate of drug-likeness (QED) is 0.156. The molecule has 0 radical (unpaired) electrons. The molecule has 0 saturated carbocycles. The molecule has 31 heavy (non-hydrogen) atoms. The van der Waals surface area contributed by atoms with E-state index in [1.165, 1.54) is 109 Å². The molecule has 188 valence electrons. The Morgan fingerprint density at radius 3 is 1.13 bits per heavy atom. The van der Waals surface area contributed by atoms with E-state index in [9.17, 15) is 0 Å². The van der Waals surface area contributed by atoms with E-state index in [4.69, 9.17) is 9.47 Å². The fourth-order valence-corrected chi connectivity index (χ4v) is 5.20. The second-order valence-electron chi connectivity index (χ2n) is 11.4. The highest BCUT2D eigenvalue weighted by Crippen LogP contribution is 2.37. The number of rotatable bonds is 22. The molecule has 0 aromatic rings. The molecular formula is C29H60O2. The van der Waals surface area contributed by atoms with Gasteiger partial charge in [-0.25, -0.2) is 0 Å². The van der Waals surface area contributed by atoms with Crippen molar-refractivity contribution in [3.05, 3.63) is 0 Å². The van der Waals surface area contributed by atoms with Crippen molar-refractivity contribution in [1.82, 2.24) is 0 Å². The van der Waals surface area contributed by atoms with E-state index in [-0.39, 0.29) is 10.8 Å². The lowest BCUT2D eigenvalue weighted by Gasteiger charge is -2.37. The number of unbranched alkanes of at least 4 members (excludes halogenated alkanes) is 10. The average Bonchev–Trinajstić information content (AvgIpc) is 2.72. The van der Waals surface area contributed by atoms with E-state index in [2.05, 4.69) is 41.5 Å². The van der Waals surface area contributed by atoms with Crippen molar-refractivity contribution < 1.29 is 9.47 Å². The summed E-state index contributed by atoms with van der Waals surface area (Å²) in [5, 5.41) is 0. The summed E-state index contributed by atoms with van der Waals surface area (Å²) >= 11 is 0. The zero-order valence-corrected chi connectivity index (χ0v) is 23.0. The monoisotopic (exact) mass is 440 g/mol. The second kappa shape index (κ2) is 18.4. The number of methoxy groups -OCH3 is 2. The Bertz CT molecular complexity index is 352. The van der Waals surface area contributed by atoms with Crippen molar-refractivity contribution in [1.29, 1.82) is 0 Å². The van der Waals surface area contributed by atoms with E-state index < -0.39 is 0 Å². The van der Waals surface area contributed by atoms with Gasteiger partial charge in [-0.3, -0.25) is 0 Å². The van der Waals surface area contributed by atoms with Gasteiger partial charge in [0.15, 0.2) is 0 Å². The molecular weight excluding hydrogens is 380 g/mol. The summed E-state index contributed by atoms with van der Waals surface area (Å²) in [5.41, 5.74) is 0.492. The Hall–Kier alpha value is -0.0800. The molecule has 0 saturated heterocycles. The van der Waals surface area contributed by atoms with E-state index >= 15 is 0 Å². The van der Waals surface area contributed by atoms with Crippen LogP contribution in [0.15, 0.2) is 0 Å². The summed E-state index contributed by atoms with van der Waals surface area (Å²) in [6.45, 7) is 14.2. The Balaban J connectivity index is 4.33. The van der Waals surface area contributed by atoms with Gasteiger partial charge in [0.2, 0.25) is 0 Å². The SMILES string of the molecule is CCCCCCCCC(OC)C(C)(C)CCCC(C)(C)C(CCCCCCCC)OC. The van der Waals surface area contributed by atoms with Crippen LogP contribution in [0.25, 0.3) is 0 Å². The lowest BCUT2D eigenvalue weighted by molar-refractivity contribution is -0.0208. The molecule has 0 aliphatic heterocycles. The minimum atomic E-state index is 0.246. The first-order valence-corrected chi connectivity index (χ1v) is 13.8. The minimum absolute atomic E-state index is 0.246. The van der Waals surface area contributed by atoms with Crippen LogP contribution >= 0.6 is 0 Å². The number of hydrogen-bond donors (Lipinski definition) is 0. The van der Waals surface area contributed by atoms with Crippen molar-refractivity contribution in [2.75, 3.05) is 14.2 Å². The molecule has 0 aliphatic rings.